The van der Waals surface area contributed by atoms with Crippen LogP contribution in [0, 0.1) is 0 Å². The Balaban J connectivity index is 1.53. The summed E-state index contributed by atoms with van der Waals surface area (Å²) in [6, 6.07) is 2.43. The molecule has 7 nitrogen and oxygen atoms in total. The summed E-state index contributed by atoms with van der Waals surface area (Å²) in [5, 5.41) is 5.56. The molecule has 2 N–H and O–H groups in total. The molecule has 1 saturated carbocycles. The third kappa shape index (κ3) is 4.35. The van der Waals surface area contributed by atoms with Crippen molar-refractivity contribution in [2.24, 2.45) is 0 Å². The Morgan fingerprint density at radius 1 is 1.21 bits per heavy atom. The van der Waals surface area contributed by atoms with Crippen molar-refractivity contribution in [2.45, 2.75) is 45.1 Å². The first-order chi connectivity index (χ1) is 11.8. The minimum atomic E-state index is -0.215. The number of carbonyl (C=O) groups is 1. The summed E-state index contributed by atoms with van der Waals surface area (Å²) in [6.45, 7) is 6.83. The van der Waals surface area contributed by atoms with E-state index in [0.717, 1.165) is 44.5 Å². The van der Waals surface area contributed by atoms with Crippen LogP contribution in [-0.4, -0.2) is 59.7 Å². The minimum Gasteiger partial charge on any atom is -0.354 e. The van der Waals surface area contributed by atoms with Crippen LogP contribution in [0.2, 0.25) is 0 Å². The monoisotopic (exact) mass is 332 g/mol. The highest BCUT2D eigenvalue weighted by Gasteiger charge is 2.26. The number of urea groups is 1. The van der Waals surface area contributed by atoms with Gasteiger partial charge in [0.1, 0.15) is 18.0 Å². The smallest absolute Gasteiger partial charge is 0.320 e. The van der Waals surface area contributed by atoms with E-state index in [-0.39, 0.29) is 6.03 Å². The van der Waals surface area contributed by atoms with Gasteiger partial charge in [-0.3, -0.25) is 10.2 Å². The van der Waals surface area contributed by atoms with E-state index in [4.69, 9.17) is 0 Å². The lowest BCUT2D eigenvalue weighted by Gasteiger charge is -2.38. The normalized spacial score (nSPS) is 19.5. The van der Waals surface area contributed by atoms with Gasteiger partial charge < -0.3 is 10.2 Å². The van der Waals surface area contributed by atoms with Crippen LogP contribution in [0.4, 0.5) is 16.4 Å². The first-order valence-electron chi connectivity index (χ1n) is 9.12. The van der Waals surface area contributed by atoms with Crippen LogP contribution in [-0.2, 0) is 0 Å². The lowest BCUT2D eigenvalue weighted by molar-refractivity contribution is 0.187. The second-order valence-electron chi connectivity index (χ2n) is 6.60. The molecular formula is C17H28N6O. The van der Waals surface area contributed by atoms with Gasteiger partial charge in [-0.2, -0.15) is 0 Å². The largest absolute Gasteiger partial charge is 0.354 e. The van der Waals surface area contributed by atoms with E-state index in [2.05, 4.69) is 30.4 Å². The molecule has 2 amide bonds. The molecule has 1 aromatic heterocycles. The number of hydrogen-bond acceptors (Lipinski definition) is 5. The van der Waals surface area contributed by atoms with Crippen LogP contribution in [0.25, 0.3) is 0 Å². The van der Waals surface area contributed by atoms with Crippen molar-refractivity contribution >= 4 is 17.7 Å². The summed E-state index contributed by atoms with van der Waals surface area (Å²) < 4.78 is 0. The van der Waals surface area contributed by atoms with Gasteiger partial charge in [-0.15, -0.1) is 0 Å². The average Bonchev–Trinajstić information content (AvgIpc) is 3.15. The topological polar surface area (TPSA) is 73.4 Å². The number of nitrogens with one attached hydrogen (secondary N) is 2. The predicted molar refractivity (Wildman–Crippen MR) is 95.4 cm³/mol. The van der Waals surface area contributed by atoms with Crippen molar-refractivity contribution in [3.8, 4) is 0 Å². The summed E-state index contributed by atoms with van der Waals surface area (Å²) in [4.78, 5) is 25.2. The second kappa shape index (κ2) is 8.28. The van der Waals surface area contributed by atoms with E-state index in [9.17, 15) is 4.79 Å². The highest BCUT2D eigenvalue weighted by atomic mass is 16.2. The molecule has 1 saturated heterocycles. The van der Waals surface area contributed by atoms with Crippen LogP contribution in [0.3, 0.4) is 0 Å². The Morgan fingerprint density at radius 3 is 2.67 bits per heavy atom. The van der Waals surface area contributed by atoms with Gasteiger partial charge >= 0.3 is 6.03 Å². The lowest BCUT2D eigenvalue weighted by atomic mass is 10.2. The molecule has 0 unspecified atom stereocenters. The van der Waals surface area contributed by atoms with Crippen molar-refractivity contribution in [3.05, 3.63) is 12.4 Å². The fourth-order valence-electron chi connectivity index (χ4n) is 3.57. The average molecular weight is 332 g/mol. The molecule has 1 aromatic rings. The Hall–Kier alpha value is -1.89. The Bertz CT molecular complexity index is 538. The second-order valence-corrected chi connectivity index (χ2v) is 6.60. The maximum absolute atomic E-state index is 11.7. The van der Waals surface area contributed by atoms with E-state index in [1.54, 1.807) is 0 Å². The van der Waals surface area contributed by atoms with Crippen LogP contribution in [0.1, 0.15) is 39.0 Å². The molecule has 3 rings (SSSR count). The first-order valence-corrected chi connectivity index (χ1v) is 9.12. The molecule has 7 heteroatoms. The van der Waals surface area contributed by atoms with Gasteiger partial charge in [0.2, 0.25) is 0 Å². The fourth-order valence-corrected chi connectivity index (χ4v) is 3.57. The van der Waals surface area contributed by atoms with Gasteiger partial charge in [0.05, 0.1) is 0 Å². The maximum atomic E-state index is 11.7. The Kier molecular flexibility index (Phi) is 5.85. The zero-order chi connectivity index (χ0) is 16.8. The number of aromatic nitrogens is 2. The maximum Gasteiger partial charge on any atom is 0.320 e. The number of nitrogens with zero attached hydrogens (tertiary/aromatic N) is 4. The number of piperazine rings is 1. The van der Waals surface area contributed by atoms with Crippen molar-refractivity contribution in [3.63, 3.8) is 0 Å². The molecule has 1 aliphatic carbocycles. The lowest BCUT2D eigenvalue weighted by Crippen LogP contribution is -2.50. The zero-order valence-electron chi connectivity index (χ0n) is 14.5. The van der Waals surface area contributed by atoms with Gasteiger partial charge in [-0.1, -0.05) is 19.8 Å². The molecule has 0 radical (unpaired) electrons. The third-order valence-corrected chi connectivity index (χ3v) is 4.91. The summed E-state index contributed by atoms with van der Waals surface area (Å²) in [6.07, 6.45) is 7.91. The Labute approximate surface area is 143 Å². The van der Waals surface area contributed by atoms with Crippen molar-refractivity contribution in [1.29, 1.82) is 0 Å². The van der Waals surface area contributed by atoms with Crippen LogP contribution >= 0.6 is 0 Å². The van der Waals surface area contributed by atoms with Crippen LogP contribution in [0.15, 0.2) is 12.4 Å². The highest BCUT2D eigenvalue weighted by Crippen LogP contribution is 2.25. The zero-order valence-corrected chi connectivity index (χ0v) is 14.5. The molecule has 2 aliphatic rings. The molecule has 0 spiro atoms. The van der Waals surface area contributed by atoms with E-state index < -0.39 is 0 Å². The molecule has 0 atom stereocenters. The molecular weight excluding hydrogens is 304 g/mol. The SMILES string of the molecule is CCCNC(=O)Nc1cc(N2CCN(C3CCCC3)CC2)ncn1. The summed E-state index contributed by atoms with van der Waals surface area (Å²) in [5.41, 5.74) is 0. The van der Waals surface area contributed by atoms with E-state index >= 15 is 0 Å². The molecule has 132 valence electrons. The van der Waals surface area contributed by atoms with Gasteiger partial charge in [0.15, 0.2) is 0 Å². The fraction of sp³-hybridized carbons (Fsp3) is 0.706. The first kappa shape index (κ1) is 17.0. The summed E-state index contributed by atoms with van der Waals surface area (Å²) in [7, 11) is 0. The summed E-state index contributed by atoms with van der Waals surface area (Å²) >= 11 is 0. The van der Waals surface area contributed by atoms with Crippen LogP contribution in [0.5, 0.6) is 0 Å². The van der Waals surface area contributed by atoms with Gasteiger partial charge in [0, 0.05) is 44.8 Å². The van der Waals surface area contributed by atoms with Gasteiger partial charge in [0.25, 0.3) is 0 Å². The molecule has 1 aliphatic heterocycles. The molecule has 2 heterocycles. The van der Waals surface area contributed by atoms with E-state index in [1.807, 2.05) is 13.0 Å². The van der Waals surface area contributed by atoms with Crippen molar-refractivity contribution in [1.82, 2.24) is 20.2 Å². The highest BCUT2D eigenvalue weighted by molar-refractivity contribution is 5.88. The predicted octanol–water partition coefficient (Wildman–Crippen LogP) is 2.07. The van der Waals surface area contributed by atoms with Crippen molar-refractivity contribution in [2.75, 3.05) is 42.9 Å². The molecule has 0 bridgehead atoms. The number of hydrogen-bond donors (Lipinski definition) is 2. The Morgan fingerprint density at radius 2 is 1.96 bits per heavy atom. The van der Waals surface area contributed by atoms with E-state index in [0.29, 0.717) is 12.4 Å². The van der Waals surface area contributed by atoms with Crippen LogP contribution < -0.4 is 15.5 Å². The minimum absolute atomic E-state index is 0.215. The number of carbonyl (C=O) groups excluding carboxylic acids is 1. The standard InChI is InChI=1S/C17H28N6O/c1-2-7-18-17(24)21-15-12-16(20-13-19-15)23-10-8-22(9-11-23)14-5-3-4-6-14/h12-14H,2-11H2,1H3,(H2,18,19,20,21,24). The quantitative estimate of drug-likeness (QED) is 0.863. The summed E-state index contributed by atoms with van der Waals surface area (Å²) in [5.74, 6) is 1.44. The molecule has 0 aromatic carbocycles. The van der Waals surface area contributed by atoms with Gasteiger partial charge in [-0.25, -0.2) is 14.8 Å². The molecule has 2 fully saturated rings. The molecule has 24 heavy (non-hydrogen) atoms. The number of amides is 2. The number of rotatable bonds is 5. The van der Waals surface area contributed by atoms with E-state index in [1.165, 1.54) is 32.0 Å². The number of anilines is 2. The van der Waals surface area contributed by atoms with Crippen molar-refractivity contribution < 1.29 is 4.79 Å². The third-order valence-electron chi connectivity index (χ3n) is 4.91. The van der Waals surface area contributed by atoms with Gasteiger partial charge in [-0.05, 0) is 19.3 Å².